The summed E-state index contributed by atoms with van der Waals surface area (Å²) >= 11 is 0. The number of nitrogens with zero attached hydrogens (tertiary/aromatic N) is 1. The monoisotopic (exact) mass is 307 g/mol. The van der Waals surface area contributed by atoms with Crippen molar-refractivity contribution in [3.8, 4) is 11.1 Å². The standard InChI is InChI=1S/C20H21NO2/c1-20(2,3)18-17(14-10-6-5-7-11-14)15-12-8-9-13-16(15)19(23-18)21-22-4/h5-13H,1-4H3/b21-19-. The summed E-state index contributed by atoms with van der Waals surface area (Å²) in [6, 6.07) is 18.5. The Morgan fingerprint density at radius 1 is 0.870 bits per heavy atom. The first-order valence-electron chi connectivity index (χ1n) is 7.71. The Hall–Kier alpha value is -2.55. The van der Waals surface area contributed by atoms with Gasteiger partial charge in [-0.25, -0.2) is 0 Å². The van der Waals surface area contributed by atoms with E-state index in [1.807, 2.05) is 36.4 Å². The molecule has 0 N–H and O–H groups in total. The fourth-order valence-electron chi connectivity index (χ4n) is 2.78. The van der Waals surface area contributed by atoms with Crippen LogP contribution in [0.5, 0.6) is 0 Å². The predicted octanol–water partition coefficient (Wildman–Crippen LogP) is 4.86. The Morgan fingerprint density at radius 3 is 2.09 bits per heavy atom. The molecular weight excluding hydrogens is 286 g/mol. The molecule has 0 bridgehead atoms. The van der Waals surface area contributed by atoms with Crippen molar-refractivity contribution in [2.45, 2.75) is 26.2 Å². The minimum atomic E-state index is -0.160. The second-order valence-corrected chi connectivity index (χ2v) is 6.55. The predicted molar refractivity (Wildman–Crippen MR) is 92.9 cm³/mol. The van der Waals surface area contributed by atoms with E-state index in [1.54, 1.807) is 0 Å². The van der Waals surface area contributed by atoms with Gasteiger partial charge in [0.1, 0.15) is 12.9 Å². The molecule has 0 saturated heterocycles. The molecule has 0 fully saturated rings. The van der Waals surface area contributed by atoms with Crippen molar-refractivity contribution in [2.75, 3.05) is 7.11 Å². The van der Waals surface area contributed by atoms with Gasteiger partial charge in [-0.3, -0.25) is 0 Å². The van der Waals surface area contributed by atoms with Crippen molar-refractivity contribution >= 4 is 10.8 Å². The lowest BCUT2D eigenvalue weighted by Crippen LogP contribution is -2.18. The topological polar surface area (TPSA) is 34.7 Å². The number of fused-ring (bicyclic) bond motifs is 1. The molecule has 0 amide bonds. The zero-order valence-corrected chi connectivity index (χ0v) is 14.0. The van der Waals surface area contributed by atoms with Gasteiger partial charge in [0.05, 0.1) is 0 Å². The number of rotatable bonds is 2. The molecule has 0 spiro atoms. The van der Waals surface area contributed by atoms with Crippen LogP contribution in [0.4, 0.5) is 0 Å². The van der Waals surface area contributed by atoms with Crippen LogP contribution < -0.4 is 5.55 Å². The van der Waals surface area contributed by atoms with Gasteiger partial charge in [-0.1, -0.05) is 69.3 Å². The number of benzene rings is 2. The van der Waals surface area contributed by atoms with Crippen LogP contribution in [0, 0.1) is 0 Å². The minimum absolute atomic E-state index is 0.160. The molecule has 0 saturated carbocycles. The molecule has 3 rings (SSSR count). The van der Waals surface area contributed by atoms with Crippen molar-refractivity contribution in [2.24, 2.45) is 5.16 Å². The van der Waals surface area contributed by atoms with E-state index in [0.29, 0.717) is 5.55 Å². The maximum atomic E-state index is 6.19. The van der Waals surface area contributed by atoms with E-state index in [2.05, 4.69) is 44.1 Å². The lowest BCUT2D eigenvalue weighted by atomic mass is 9.85. The van der Waals surface area contributed by atoms with Crippen LogP contribution in [0.15, 0.2) is 64.2 Å². The molecule has 2 aromatic carbocycles. The molecule has 0 unspecified atom stereocenters. The average molecular weight is 307 g/mol. The Balaban J connectivity index is 2.51. The molecule has 118 valence electrons. The summed E-state index contributed by atoms with van der Waals surface area (Å²) in [7, 11) is 1.53. The van der Waals surface area contributed by atoms with Crippen LogP contribution in [0.2, 0.25) is 0 Å². The highest BCUT2D eigenvalue weighted by molar-refractivity contribution is 5.96. The van der Waals surface area contributed by atoms with Crippen LogP contribution in [0.3, 0.4) is 0 Å². The molecule has 1 aromatic heterocycles. The molecule has 1 heterocycles. The summed E-state index contributed by atoms with van der Waals surface area (Å²) in [4.78, 5) is 4.98. The Labute approximate surface area is 136 Å². The number of hydrogen-bond acceptors (Lipinski definition) is 3. The molecule has 0 radical (unpaired) electrons. The molecule has 3 nitrogen and oxygen atoms in total. The lowest BCUT2D eigenvalue weighted by molar-refractivity contribution is 0.182. The van der Waals surface area contributed by atoms with Crippen LogP contribution in [-0.2, 0) is 10.3 Å². The summed E-state index contributed by atoms with van der Waals surface area (Å²) in [6.07, 6.45) is 0. The van der Waals surface area contributed by atoms with Gasteiger partial charge in [-0.2, -0.15) is 0 Å². The highest BCUT2D eigenvalue weighted by atomic mass is 16.6. The van der Waals surface area contributed by atoms with E-state index in [0.717, 1.165) is 27.7 Å². The van der Waals surface area contributed by atoms with Gasteiger partial charge in [0.15, 0.2) is 0 Å². The average Bonchev–Trinajstić information content (AvgIpc) is 2.55. The summed E-state index contributed by atoms with van der Waals surface area (Å²) < 4.78 is 6.19. The van der Waals surface area contributed by atoms with Gasteiger partial charge in [-0.05, 0) is 22.2 Å². The SMILES string of the molecule is CO/N=c1\oc(C(C)(C)C)c(-c2ccccc2)c2ccccc12. The fraction of sp³-hybridized carbons (Fsp3) is 0.250. The van der Waals surface area contributed by atoms with Gasteiger partial charge in [0.2, 0.25) is 0 Å². The van der Waals surface area contributed by atoms with Crippen LogP contribution >= 0.6 is 0 Å². The molecular formula is C20H21NO2. The van der Waals surface area contributed by atoms with Crippen molar-refractivity contribution in [3.05, 3.63) is 65.9 Å². The Bertz CT molecular complexity index is 887. The van der Waals surface area contributed by atoms with Crippen molar-refractivity contribution in [1.82, 2.24) is 0 Å². The molecule has 0 atom stereocenters. The van der Waals surface area contributed by atoms with Crippen molar-refractivity contribution in [1.29, 1.82) is 0 Å². The second-order valence-electron chi connectivity index (χ2n) is 6.55. The third-order valence-electron chi connectivity index (χ3n) is 3.77. The number of hydrogen-bond donors (Lipinski definition) is 0. The largest absolute Gasteiger partial charge is 0.439 e. The van der Waals surface area contributed by atoms with E-state index in [-0.39, 0.29) is 5.41 Å². The zero-order valence-electron chi connectivity index (χ0n) is 14.0. The summed E-state index contributed by atoms with van der Waals surface area (Å²) in [6.45, 7) is 6.43. The maximum Gasteiger partial charge on any atom is 0.263 e. The van der Waals surface area contributed by atoms with E-state index < -0.39 is 0 Å². The first-order valence-corrected chi connectivity index (χ1v) is 7.71. The van der Waals surface area contributed by atoms with E-state index in [1.165, 1.54) is 7.11 Å². The van der Waals surface area contributed by atoms with E-state index in [9.17, 15) is 0 Å². The van der Waals surface area contributed by atoms with Crippen LogP contribution in [-0.4, -0.2) is 7.11 Å². The molecule has 3 aromatic rings. The summed E-state index contributed by atoms with van der Waals surface area (Å²) in [5.74, 6) is 0.901. The lowest BCUT2D eigenvalue weighted by Gasteiger charge is -2.22. The van der Waals surface area contributed by atoms with Gasteiger partial charge in [0.25, 0.3) is 5.55 Å². The van der Waals surface area contributed by atoms with Gasteiger partial charge >= 0.3 is 0 Å². The first-order chi connectivity index (χ1) is 11.0. The quantitative estimate of drug-likeness (QED) is 0.634. The van der Waals surface area contributed by atoms with Gasteiger partial charge in [-0.15, -0.1) is 0 Å². The van der Waals surface area contributed by atoms with Crippen molar-refractivity contribution in [3.63, 3.8) is 0 Å². The third kappa shape index (κ3) is 2.87. The first kappa shape index (κ1) is 15.3. The highest BCUT2D eigenvalue weighted by Crippen LogP contribution is 2.36. The summed E-state index contributed by atoms with van der Waals surface area (Å²) in [5.41, 5.74) is 2.60. The molecule has 0 aliphatic rings. The molecule has 23 heavy (non-hydrogen) atoms. The molecule has 0 aliphatic carbocycles. The Kier molecular flexibility index (Phi) is 3.95. The van der Waals surface area contributed by atoms with Crippen LogP contribution in [0.1, 0.15) is 26.5 Å². The minimum Gasteiger partial charge on any atom is -0.439 e. The van der Waals surface area contributed by atoms with Crippen LogP contribution in [0.25, 0.3) is 21.9 Å². The smallest absolute Gasteiger partial charge is 0.263 e. The normalized spacial score (nSPS) is 12.6. The zero-order chi connectivity index (χ0) is 16.4. The second kappa shape index (κ2) is 5.92. The summed E-state index contributed by atoms with van der Waals surface area (Å²) in [5, 5.41) is 6.14. The van der Waals surface area contributed by atoms with Gasteiger partial charge < -0.3 is 9.25 Å². The third-order valence-corrected chi connectivity index (χ3v) is 3.77. The Morgan fingerprint density at radius 2 is 1.48 bits per heavy atom. The van der Waals surface area contributed by atoms with E-state index in [4.69, 9.17) is 9.25 Å². The molecule has 3 heteroatoms. The van der Waals surface area contributed by atoms with Crippen molar-refractivity contribution < 1.29 is 9.25 Å². The van der Waals surface area contributed by atoms with E-state index >= 15 is 0 Å². The molecule has 0 aliphatic heterocycles. The maximum absolute atomic E-state index is 6.19. The van der Waals surface area contributed by atoms with Gasteiger partial charge in [0, 0.05) is 16.4 Å². The fourth-order valence-corrected chi connectivity index (χ4v) is 2.78. The highest BCUT2D eigenvalue weighted by Gasteiger charge is 2.25.